The Balaban J connectivity index is 1.71. The molecule has 2 rings (SSSR count). The number of ether oxygens (including phenoxy) is 1. The van der Waals surface area contributed by atoms with Gasteiger partial charge in [0.25, 0.3) is 0 Å². The summed E-state index contributed by atoms with van der Waals surface area (Å²) >= 11 is 0. The Hall–Kier alpha value is -0.870. The molecule has 4 nitrogen and oxygen atoms in total. The van der Waals surface area contributed by atoms with Crippen LogP contribution in [0.1, 0.15) is 37.9 Å². The molecule has 1 saturated heterocycles. The Kier molecular flexibility index (Phi) is 3.96. The molecule has 1 aromatic rings. The van der Waals surface area contributed by atoms with E-state index >= 15 is 0 Å². The van der Waals surface area contributed by atoms with Gasteiger partial charge in [-0.05, 0) is 38.8 Å². The van der Waals surface area contributed by atoms with Gasteiger partial charge in [-0.2, -0.15) is 5.10 Å². The molecule has 16 heavy (non-hydrogen) atoms. The van der Waals surface area contributed by atoms with E-state index in [0.29, 0.717) is 12.1 Å². The number of aryl methyl sites for hydroxylation is 1. The molecule has 0 bridgehead atoms. The fourth-order valence-corrected chi connectivity index (χ4v) is 2.25. The Bertz CT molecular complexity index is 318. The van der Waals surface area contributed by atoms with Crippen molar-refractivity contribution in [2.45, 2.75) is 38.3 Å². The summed E-state index contributed by atoms with van der Waals surface area (Å²) in [6, 6.07) is 2.41. The predicted octanol–water partition coefficient (Wildman–Crippen LogP) is 1.64. The van der Waals surface area contributed by atoms with Gasteiger partial charge < -0.3 is 10.1 Å². The van der Waals surface area contributed by atoms with Crippen LogP contribution in [0.3, 0.4) is 0 Å². The van der Waals surface area contributed by atoms with Gasteiger partial charge in [0.05, 0.1) is 11.8 Å². The summed E-state index contributed by atoms with van der Waals surface area (Å²) in [6.07, 6.45) is 5.88. The van der Waals surface area contributed by atoms with Crippen molar-refractivity contribution in [2.24, 2.45) is 7.05 Å². The number of rotatable bonds is 5. The van der Waals surface area contributed by atoms with Gasteiger partial charge in [-0.3, -0.25) is 4.68 Å². The molecule has 90 valence electrons. The first-order valence-electron chi connectivity index (χ1n) is 6.10. The fourth-order valence-electron chi connectivity index (χ4n) is 2.25. The Morgan fingerprint density at radius 2 is 2.56 bits per heavy atom. The van der Waals surface area contributed by atoms with E-state index in [4.69, 9.17) is 4.74 Å². The summed E-state index contributed by atoms with van der Waals surface area (Å²) < 4.78 is 7.51. The molecule has 1 fully saturated rings. The van der Waals surface area contributed by atoms with E-state index in [2.05, 4.69) is 23.4 Å². The van der Waals surface area contributed by atoms with Crippen LogP contribution in [-0.4, -0.2) is 29.0 Å². The van der Waals surface area contributed by atoms with E-state index in [1.807, 2.05) is 17.9 Å². The van der Waals surface area contributed by atoms with Crippen LogP contribution in [0.25, 0.3) is 0 Å². The van der Waals surface area contributed by atoms with Crippen LogP contribution in [0.2, 0.25) is 0 Å². The average Bonchev–Trinajstić information content (AvgIpc) is 2.88. The third-order valence-corrected chi connectivity index (χ3v) is 3.24. The molecule has 1 aromatic heterocycles. The third kappa shape index (κ3) is 2.83. The van der Waals surface area contributed by atoms with Gasteiger partial charge in [0.1, 0.15) is 0 Å². The number of aromatic nitrogens is 2. The van der Waals surface area contributed by atoms with Crippen LogP contribution in [0.5, 0.6) is 0 Å². The molecule has 0 saturated carbocycles. The minimum absolute atomic E-state index is 0.355. The van der Waals surface area contributed by atoms with Gasteiger partial charge in [0.2, 0.25) is 0 Å². The summed E-state index contributed by atoms with van der Waals surface area (Å²) in [4.78, 5) is 0. The normalized spacial score (nSPS) is 22.5. The van der Waals surface area contributed by atoms with Gasteiger partial charge in [0.15, 0.2) is 0 Å². The topological polar surface area (TPSA) is 39.1 Å². The minimum Gasteiger partial charge on any atom is -0.378 e. The highest BCUT2D eigenvalue weighted by molar-refractivity contribution is 5.05. The zero-order chi connectivity index (χ0) is 11.4. The van der Waals surface area contributed by atoms with Crippen molar-refractivity contribution in [1.82, 2.24) is 15.1 Å². The maximum Gasteiger partial charge on any atom is 0.0588 e. The van der Waals surface area contributed by atoms with Crippen LogP contribution in [0.15, 0.2) is 12.3 Å². The molecule has 0 aliphatic carbocycles. The van der Waals surface area contributed by atoms with Gasteiger partial charge in [-0.1, -0.05) is 0 Å². The van der Waals surface area contributed by atoms with Gasteiger partial charge in [-0.15, -0.1) is 0 Å². The van der Waals surface area contributed by atoms with Crippen LogP contribution in [-0.2, 0) is 11.8 Å². The maximum atomic E-state index is 5.59. The molecular formula is C12H21N3O. The Labute approximate surface area is 97.0 Å². The molecule has 0 spiro atoms. The summed E-state index contributed by atoms with van der Waals surface area (Å²) in [5, 5.41) is 7.69. The molecule has 0 radical (unpaired) electrons. The van der Waals surface area contributed by atoms with Crippen molar-refractivity contribution >= 4 is 0 Å². The zero-order valence-electron chi connectivity index (χ0n) is 10.1. The molecule has 1 N–H and O–H groups in total. The van der Waals surface area contributed by atoms with Crippen molar-refractivity contribution in [3.63, 3.8) is 0 Å². The summed E-state index contributed by atoms with van der Waals surface area (Å²) in [6.45, 7) is 4.13. The van der Waals surface area contributed by atoms with Crippen molar-refractivity contribution < 1.29 is 4.74 Å². The highest BCUT2D eigenvalue weighted by Crippen LogP contribution is 2.15. The molecule has 4 heteroatoms. The number of hydrogen-bond donors (Lipinski definition) is 1. The Morgan fingerprint density at radius 3 is 3.19 bits per heavy atom. The Morgan fingerprint density at radius 1 is 1.69 bits per heavy atom. The second-order valence-electron chi connectivity index (χ2n) is 4.48. The predicted molar refractivity (Wildman–Crippen MR) is 63.2 cm³/mol. The highest BCUT2D eigenvalue weighted by Gasteiger charge is 2.15. The van der Waals surface area contributed by atoms with Crippen LogP contribution in [0, 0.1) is 0 Å². The molecule has 2 unspecified atom stereocenters. The van der Waals surface area contributed by atoms with Gasteiger partial charge in [0, 0.05) is 25.9 Å². The summed E-state index contributed by atoms with van der Waals surface area (Å²) in [5.74, 6) is 0. The van der Waals surface area contributed by atoms with Crippen molar-refractivity contribution in [1.29, 1.82) is 0 Å². The van der Waals surface area contributed by atoms with Crippen molar-refractivity contribution in [3.05, 3.63) is 18.0 Å². The SMILES string of the molecule is CC(NCCC1CCCO1)c1ccnn1C. The molecular weight excluding hydrogens is 202 g/mol. The standard InChI is InChI=1S/C12H21N3O/c1-10(12-6-8-14-15(12)2)13-7-5-11-4-3-9-16-11/h6,8,10-11,13H,3-5,7,9H2,1-2H3. The van der Waals surface area contributed by atoms with Gasteiger partial charge in [-0.25, -0.2) is 0 Å². The molecule has 0 aromatic carbocycles. The van der Waals surface area contributed by atoms with E-state index in [1.165, 1.54) is 18.5 Å². The first-order valence-corrected chi connectivity index (χ1v) is 6.10. The number of hydrogen-bond acceptors (Lipinski definition) is 3. The largest absolute Gasteiger partial charge is 0.378 e. The van der Waals surface area contributed by atoms with Crippen LogP contribution >= 0.6 is 0 Å². The monoisotopic (exact) mass is 223 g/mol. The van der Waals surface area contributed by atoms with Crippen molar-refractivity contribution in [3.8, 4) is 0 Å². The van der Waals surface area contributed by atoms with Crippen LogP contribution < -0.4 is 5.32 Å². The first kappa shape index (κ1) is 11.6. The second kappa shape index (κ2) is 5.46. The van der Waals surface area contributed by atoms with E-state index in [0.717, 1.165) is 19.6 Å². The van der Waals surface area contributed by atoms with E-state index in [9.17, 15) is 0 Å². The minimum atomic E-state index is 0.355. The molecule has 1 aliphatic heterocycles. The smallest absolute Gasteiger partial charge is 0.0588 e. The number of nitrogens with one attached hydrogen (secondary N) is 1. The lowest BCUT2D eigenvalue weighted by Crippen LogP contribution is -2.24. The molecule has 0 amide bonds. The zero-order valence-corrected chi connectivity index (χ0v) is 10.1. The third-order valence-electron chi connectivity index (χ3n) is 3.24. The van der Waals surface area contributed by atoms with E-state index in [1.54, 1.807) is 0 Å². The van der Waals surface area contributed by atoms with E-state index in [-0.39, 0.29) is 0 Å². The molecule has 2 heterocycles. The van der Waals surface area contributed by atoms with E-state index < -0.39 is 0 Å². The quantitative estimate of drug-likeness (QED) is 0.825. The summed E-state index contributed by atoms with van der Waals surface area (Å²) in [5.41, 5.74) is 1.23. The lowest BCUT2D eigenvalue weighted by atomic mass is 10.1. The lowest BCUT2D eigenvalue weighted by Gasteiger charge is -2.15. The fraction of sp³-hybridized carbons (Fsp3) is 0.750. The lowest BCUT2D eigenvalue weighted by molar-refractivity contribution is 0.103. The van der Waals surface area contributed by atoms with Gasteiger partial charge >= 0.3 is 0 Å². The van der Waals surface area contributed by atoms with Crippen LogP contribution in [0.4, 0.5) is 0 Å². The summed E-state index contributed by atoms with van der Waals surface area (Å²) in [7, 11) is 1.98. The molecule has 2 atom stereocenters. The second-order valence-corrected chi connectivity index (χ2v) is 4.48. The first-order chi connectivity index (χ1) is 7.77. The maximum absolute atomic E-state index is 5.59. The van der Waals surface area contributed by atoms with Crippen molar-refractivity contribution in [2.75, 3.05) is 13.2 Å². The number of nitrogens with zero attached hydrogens (tertiary/aromatic N) is 2. The average molecular weight is 223 g/mol. The molecule has 1 aliphatic rings. The highest BCUT2D eigenvalue weighted by atomic mass is 16.5.